The first-order valence-electron chi connectivity index (χ1n) is 10.7. The number of rotatable bonds is 4. The lowest BCUT2D eigenvalue weighted by Crippen LogP contribution is -2.30. The summed E-state index contributed by atoms with van der Waals surface area (Å²) in [5, 5.41) is 3.21. The Morgan fingerprint density at radius 3 is 2.78 bits per heavy atom. The summed E-state index contributed by atoms with van der Waals surface area (Å²) >= 11 is 1.58. The molecule has 0 aliphatic heterocycles. The van der Waals surface area contributed by atoms with Crippen LogP contribution in [0.25, 0.3) is 21.6 Å². The highest BCUT2D eigenvalue weighted by Gasteiger charge is 2.23. The van der Waals surface area contributed by atoms with Gasteiger partial charge in [0.05, 0.1) is 11.1 Å². The van der Waals surface area contributed by atoms with Crippen molar-refractivity contribution in [3.63, 3.8) is 0 Å². The van der Waals surface area contributed by atoms with Gasteiger partial charge in [0.15, 0.2) is 0 Å². The zero-order valence-electron chi connectivity index (χ0n) is 17.7. The van der Waals surface area contributed by atoms with Crippen molar-refractivity contribution in [3.05, 3.63) is 80.7 Å². The predicted molar refractivity (Wildman–Crippen MR) is 126 cm³/mol. The zero-order valence-corrected chi connectivity index (χ0v) is 18.5. The molecule has 5 nitrogen and oxygen atoms in total. The van der Waals surface area contributed by atoms with Crippen LogP contribution < -0.4 is 10.9 Å². The molecule has 1 N–H and O–H groups in total. The molecule has 1 aliphatic carbocycles. The molecular weight excluding hydrogens is 425 g/mol. The molecule has 2 aromatic carbocycles. The fraction of sp³-hybridized carbons (Fsp3) is 0.240. The highest BCUT2D eigenvalue weighted by atomic mass is 32.1. The highest BCUT2D eigenvalue weighted by molar-refractivity contribution is 7.18. The van der Waals surface area contributed by atoms with Gasteiger partial charge in [0.1, 0.15) is 23.0 Å². The monoisotopic (exact) mass is 447 g/mol. The maximum atomic E-state index is 14.0. The normalized spacial score (nSPS) is 13.2. The van der Waals surface area contributed by atoms with Crippen LogP contribution in [0.15, 0.2) is 53.3 Å². The van der Waals surface area contributed by atoms with E-state index in [0.717, 1.165) is 47.2 Å². The number of halogens is 1. The van der Waals surface area contributed by atoms with Crippen LogP contribution >= 0.6 is 11.3 Å². The van der Waals surface area contributed by atoms with Crippen LogP contribution in [0.5, 0.6) is 0 Å². The van der Waals surface area contributed by atoms with Crippen molar-refractivity contribution in [1.82, 2.24) is 9.55 Å². The molecule has 1 amide bonds. The van der Waals surface area contributed by atoms with E-state index >= 15 is 0 Å². The van der Waals surface area contributed by atoms with E-state index in [0.29, 0.717) is 11.2 Å². The van der Waals surface area contributed by atoms with Crippen molar-refractivity contribution < 1.29 is 9.18 Å². The number of anilines is 1. The number of carbonyl (C=O) groups excluding carboxylic acids is 1. The van der Waals surface area contributed by atoms with E-state index < -0.39 is 11.7 Å². The van der Waals surface area contributed by atoms with Crippen LogP contribution in [-0.4, -0.2) is 15.5 Å². The van der Waals surface area contributed by atoms with Crippen LogP contribution in [0.2, 0.25) is 0 Å². The van der Waals surface area contributed by atoms with Crippen LogP contribution in [0.3, 0.4) is 0 Å². The van der Waals surface area contributed by atoms with Crippen LogP contribution in [0.1, 0.15) is 28.8 Å². The minimum absolute atomic E-state index is 0.0876. The first kappa shape index (κ1) is 20.6. The number of fused-ring (bicyclic) bond motifs is 3. The van der Waals surface area contributed by atoms with Gasteiger partial charge in [-0.2, -0.15) is 0 Å². The van der Waals surface area contributed by atoms with Gasteiger partial charge in [-0.3, -0.25) is 14.2 Å². The third-order valence-corrected chi connectivity index (χ3v) is 6.99. The third kappa shape index (κ3) is 3.73. The first-order valence-corrected chi connectivity index (χ1v) is 11.5. The number of thiophene rings is 1. The Morgan fingerprint density at radius 1 is 1.16 bits per heavy atom. The number of aryl methyl sites for hydroxylation is 3. The lowest BCUT2D eigenvalue weighted by Gasteiger charge is -2.14. The molecule has 0 atom stereocenters. The number of hydrogen-bond donors (Lipinski definition) is 1. The Hall–Kier alpha value is -3.32. The topological polar surface area (TPSA) is 64.0 Å². The van der Waals surface area contributed by atoms with E-state index in [2.05, 4.69) is 5.32 Å². The van der Waals surface area contributed by atoms with E-state index in [1.807, 2.05) is 31.2 Å². The van der Waals surface area contributed by atoms with Gasteiger partial charge in [-0.1, -0.05) is 35.9 Å². The zero-order chi connectivity index (χ0) is 22.2. The van der Waals surface area contributed by atoms with Crippen molar-refractivity contribution in [2.75, 3.05) is 5.32 Å². The van der Waals surface area contributed by atoms with E-state index in [1.165, 1.54) is 21.6 Å². The molecule has 0 saturated carbocycles. The number of nitrogens with zero attached hydrogens (tertiary/aromatic N) is 2. The Morgan fingerprint density at radius 2 is 1.97 bits per heavy atom. The number of para-hydroxylation sites is 1. The lowest BCUT2D eigenvalue weighted by molar-refractivity contribution is -0.116. The molecule has 162 valence electrons. The molecule has 32 heavy (non-hydrogen) atoms. The van der Waals surface area contributed by atoms with Crippen molar-refractivity contribution >= 4 is 33.1 Å². The molecular formula is C25H22FN3O2S. The molecule has 0 bridgehead atoms. The second kappa shape index (κ2) is 8.31. The van der Waals surface area contributed by atoms with Gasteiger partial charge in [0.2, 0.25) is 5.91 Å². The van der Waals surface area contributed by atoms with E-state index in [1.54, 1.807) is 23.5 Å². The molecule has 1 aliphatic rings. The number of carbonyl (C=O) groups is 1. The molecule has 0 spiro atoms. The molecule has 0 radical (unpaired) electrons. The minimum atomic E-state index is -0.521. The quantitative estimate of drug-likeness (QED) is 0.474. The highest BCUT2D eigenvalue weighted by Crippen LogP contribution is 2.35. The minimum Gasteiger partial charge on any atom is -0.322 e. The van der Waals surface area contributed by atoms with Gasteiger partial charge < -0.3 is 5.32 Å². The maximum absolute atomic E-state index is 14.0. The average molecular weight is 448 g/mol. The molecule has 0 saturated heterocycles. The van der Waals surface area contributed by atoms with Crippen molar-refractivity contribution in [2.24, 2.45) is 0 Å². The SMILES string of the molecule is Cc1cccc(-c2nc3sc4c(c3c(=O)n2CC(=O)Nc2ccccc2F)CCCC4)c1. The third-order valence-electron chi connectivity index (χ3n) is 5.80. The smallest absolute Gasteiger partial charge is 0.263 e. The summed E-state index contributed by atoms with van der Waals surface area (Å²) in [4.78, 5) is 33.3. The fourth-order valence-corrected chi connectivity index (χ4v) is 5.54. The summed E-state index contributed by atoms with van der Waals surface area (Å²) in [6.07, 6.45) is 3.98. The molecule has 7 heteroatoms. The summed E-state index contributed by atoms with van der Waals surface area (Å²) < 4.78 is 15.4. The van der Waals surface area contributed by atoms with E-state index in [-0.39, 0.29) is 17.8 Å². The number of hydrogen-bond acceptors (Lipinski definition) is 4. The Labute approximate surface area is 188 Å². The van der Waals surface area contributed by atoms with Crippen molar-refractivity contribution in [1.29, 1.82) is 0 Å². The Kier molecular flexibility index (Phi) is 5.35. The van der Waals surface area contributed by atoms with Crippen LogP contribution in [0.4, 0.5) is 10.1 Å². The van der Waals surface area contributed by atoms with Gasteiger partial charge in [0, 0.05) is 10.4 Å². The molecule has 0 unspecified atom stereocenters. The second-order valence-electron chi connectivity index (χ2n) is 8.12. The Balaban J connectivity index is 1.64. The van der Waals surface area contributed by atoms with Crippen molar-refractivity contribution in [2.45, 2.75) is 39.2 Å². The summed E-state index contributed by atoms with van der Waals surface area (Å²) in [5.41, 5.74) is 2.76. The fourth-order valence-electron chi connectivity index (χ4n) is 4.29. The first-order chi connectivity index (χ1) is 15.5. The average Bonchev–Trinajstić information content (AvgIpc) is 3.16. The molecule has 4 aromatic rings. The number of nitrogens with one attached hydrogen (secondary N) is 1. The standard InChI is InChI=1S/C25H22FN3O2S/c1-15-7-6-8-16(13-15)23-28-24-22(17-9-2-5-12-20(17)32-24)25(31)29(23)14-21(30)27-19-11-4-3-10-18(19)26/h3-4,6-8,10-11,13H,2,5,9,12,14H2,1H3,(H,27,30). The van der Waals surface area contributed by atoms with Crippen molar-refractivity contribution in [3.8, 4) is 11.4 Å². The number of amides is 1. The van der Waals surface area contributed by atoms with Gasteiger partial charge in [-0.15, -0.1) is 11.3 Å². The Bertz CT molecular complexity index is 1410. The summed E-state index contributed by atoms with van der Waals surface area (Å²) in [7, 11) is 0. The maximum Gasteiger partial charge on any atom is 0.263 e. The summed E-state index contributed by atoms with van der Waals surface area (Å²) in [6.45, 7) is 1.73. The summed E-state index contributed by atoms with van der Waals surface area (Å²) in [5.74, 6) is -0.544. The van der Waals surface area contributed by atoms with Gasteiger partial charge in [0.25, 0.3) is 5.56 Å². The predicted octanol–water partition coefficient (Wildman–Crippen LogP) is 5.09. The van der Waals surface area contributed by atoms with Gasteiger partial charge in [-0.25, -0.2) is 9.37 Å². The van der Waals surface area contributed by atoms with Gasteiger partial charge in [-0.05, 0) is 56.4 Å². The molecule has 5 rings (SSSR count). The second-order valence-corrected chi connectivity index (χ2v) is 9.20. The largest absolute Gasteiger partial charge is 0.322 e. The number of aromatic nitrogens is 2. The van der Waals surface area contributed by atoms with Crippen LogP contribution in [-0.2, 0) is 24.2 Å². The molecule has 2 aromatic heterocycles. The van der Waals surface area contributed by atoms with Crippen LogP contribution in [0, 0.1) is 12.7 Å². The van der Waals surface area contributed by atoms with E-state index in [4.69, 9.17) is 4.98 Å². The van der Waals surface area contributed by atoms with Gasteiger partial charge >= 0.3 is 0 Å². The molecule has 2 heterocycles. The lowest BCUT2D eigenvalue weighted by atomic mass is 9.97. The van der Waals surface area contributed by atoms with E-state index in [9.17, 15) is 14.0 Å². The summed E-state index contributed by atoms with van der Waals surface area (Å²) in [6, 6.07) is 13.7. The molecule has 0 fully saturated rings. The number of benzene rings is 2.